The SMILES string of the molecule is CC(C)c1ccc2[nH]cc(C(=O)CNC3CC3)c2c1. The zero-order valence-electron chi connectivity index (χ0n) is 11.5. The summed E-state index contributed by atoms with van der Waals surface area (Å²) < 4.78 is 0. The highest BCUT2D eigenvalue weighted by atomic mass is 16.1. The number of carbonyl (C=O) groups excluding carboxylic acids is 1. The molecular weight excluding hydrogens is 236 g/mol. The van der Waals surface area contributed by atoms with Crippen LogP contribution in [0.1, 0.15) is 48.5 Å². The molecule has 0 saturated heterocycles. The summed E-state index contributed by atoms with van der Waals surface area (Å²) >= 11 is 0. The van der Waals surface area contributed by atoms with Crippen LogP contribution in [0.3, 0.4) is 0 Å². The second-order valence-corrected chi connectivity index (χ2v) is 5.74. The Hall–Kier alpha value is -1.61. The Labute approximate surface area is 113 Å². The molecule has 0 spiro atoms. The largest absolute Gasteiger partial charge is 0.360 e. The third kappa shape index (κ3) is 2.56. The maximum Gasteiger partial charge on any atom is 0.178 e. The number of hydrogen-bond acceptors (Lipinski definition) is 2. The van der Waals surface area contributed by atoms with Crippen molar-refractivity contribution in [2.45, 2.75) is 38.6 Å². The highest BCUT2D eigenvalue weighted by molar-refractivity contribution is 6.08. The predicted molar refractivity (Wildman–Crippen MR) is 77.7 cm³/mol. The predicted octanol–water partition coefficient (Wildman–Crippen LogP) is 3.23. The molecular formula is C16H20N2O. The molecule has 1 aliphatic carbocycles. The molecule has 0 aliphatic heterocycles. The second-order valence-electron chi connectivity index (χ2n) is 5.74. The van der Waals surface area contributed by atoms with E-state index in [1.165, 1.54) is 18.4 Å². The minimum absolute atomic E-state index is 0.180. The third-order valence-electron chi connectivity index (χ3n) is 3.80. The number of fused-ring (bicyclic) bond motifs is 1. The van der Waals surface area contributed by atoms with Gasteiger partial charge in [-0.05, 0) is 36.5 Å². The first-order valence-corrected chi connectivity index (χ1v) is 7.03. The number of hydrogen-bond donors (Lipinski definition) is 2. The molecule has 1 fully saturated rings. The van der Waals surface area contributed by atoms with E-state index >= 15 is 0 Å². The summed E-state index contributed by atoms with van der Waals surface area (Å²) in [6.07, 6.45) is 4.25. The van der Waals surface area contributed by atoms with Crippen molar-refractivity contribution in [1.82, 2.24) is 10.3 Å². The molecule has 0 atom stereocenters. The molecule has 1 saturated carbocycles. The van der Waals surface area contributed by atoms with Gasteiger partial charge in [-0.15, -0.1) is 0 Å². The number of nitrogens with one attached hydrogen (secondary N) is 2. The van der Waals surface area contributed by atoms with Gasteiger partial charge in [-0.1, -0.05) is 19.9 Å². The number of ketones is 1. The summed E-state index contributed by atoms with van der Waals surface area (Å²) in [5.74, 6) is 0.658. The van der Waals surface area contributed by atoms with E-state index in [4.69, 9.17) is 0 Å². The van der Waals surface area contributed by atoms with E-state index in [0.717, 1.165) is 16.5 Å². The van der Waals surface area contributed by atoms with Gasteiger partial charge in [0.05, 0.1) is 6.54 Å². The van der Waals surface area contributed by atoms with Crippen molar-refractivity contribution in [1.29, 1.82) is 0 Å². The topological polar surface area (TPSA) is 44.9 Å². The maximum atomic E-state index is 12.3. The lowest BCUT2D eigenvalue weighted by atomic mass is 9.99. The van der Waals surface area contributed by atoms with E-state index in [9.17, 15) is 4.79 Å². The van der Waals surface area contributed by atoms with Gasteiger partial charge in [0.2, 0.25) is 0 Å². The second kappa shape index (κ2) is 4.82. The molecule has 0 amide bonds. The maximum absolute atomic E-state index is 12.3. The van der Waals surface area contributed by atoms with Gasteiger partial charge in [0.25, 0.3) is 0 Å². The van der Waals surface area contributed by atoms with Crippen molar-refractivity contribution in [3.63, 3.8) is 0 Å². The molecule has 1 aromatic carbocycles. The molecule has 0 radical (unpaired) electrons. The van der Waals surface area contributed by atoms with E-state index in [0.29, 0.717) is 18.5 Å². The van der Waals surface area contributed by atoms with Crippen molar-refractivity contribution >= 4 is 16.7 Å². The van der Waals surface area contributed by atoms with Crippen LogP contribution in [-0.2, 0) is 0 Å². The zero-order valence-corrected chi connectivity index (χ0v) is 11.5. The Morgan fingerprint density at radius 3 is 2.89 bits per heavy atom. The van der Waals surface area contributed by atoms with Crippen LogP contribution in [0.2, 0.25) is 0 Å². The Kier molecular flexibility index (Phi) is 3.15. The highest BCUT2D eigenvalue weighted by Crippen LogP contribution is 2.24. The van der Waals surface area contributed by atoms with E-state index in [1.807, 2.05) is 6.20 Å². The molecule has 3 rings (SSSR count). The zero-order chi connectivity index (χ0) is 13.4. The molecule has 19 heavy (non-hydrogen) atoms. The van der Waals surface area contributed by atoms with Crippen molar-refractivity contribution in [2.75, 3.05) is 6.54 Å². The van der Waals surface area contributed by atoms with E-state index in [1.54, 1.807) is 0 Å². The van der Waals surface area contributed by atoms with Crippen LogP contribution < -0.4 is 5.32 Å². The van der Waals surface area contributed by atoms with E-state index < -0.39 is 0 Å². The van der Waals surface area contributed by atoms with E-state index in [2.05, 4.69) is 42.3 Å². The van der Waals surface area contributed by atoms with Crippen LogP contribution in [0.4, 0.5) is 0 Å². The summed E-state index contributed by atoms with van der Waals surface area (Å²) in [4.78, 5) is 15.4. The fourth-order valence-electron chi connectivity index (χ4n) is 2.35. The van der Waals surface area contributed by atoms with Crippen molar-refractivity contribution < 1.29 is 4.79 Å². The number of carbonyl (C=O) groups is 1. The summed E-state index contributed by atoms with van der Waals surface area (Å²) in [7, 11) is 0. The number of aromatic amines is 1. The van der Waals surface area contributed by atoms with Crippen molar-refractivity contribution in [3.8, 4) is 0 Å². The third-order valence-corrected chi connectivity index (χ3v) is 3.80. The summed E-state index contributed by atoms with van der Waals surface area (Å²) in [5.41, 5.74) is 3.13. The van der Waals surface area contributed by atoms with E-state index in [-0.39, 0.29) is 5.78 Å². The lowest BCUT2D eigenvalue weighted by molar-refractivity contribution is 0.0992. The Bertz CT molecular complexity index is 608. The Morgan fingerprint density at radius 1 is 1.42 bits per heavy atom. The first-order valence-electron chi connectivity index (χ1n) is 7.03. The van der Waals surface area contributed by atoms with Gasteiger partial charge in [-0.25, -0.2) is 0 Å². The minimum Gasteiger partial charge on any atom is -0.360 e. The first-order chi connectivity index (χ1) is 9.15. The van der Waals surface area contributed by atoms with Crippen LogP contribution in [0, 0.1) is 0 Å². The first kappa shape index (κ1) is 12.4. The average molecular weight is 256 g/mol. The highest BCUT2D eigenvalue weighted by Gasteiger charge is 2.22. The van der Waals surface area contributed by atoms with Gasteiger partial charge in [0.1, 0.15) is 0 Å². The molecule has 0 bridgehead atoms. The average Bonchev–Trinajstić information content (AvgIpc) is 3.13. The molecule has 2 N–H and O–H groups in total. The standard InChI is InChI=1S/C16H20N2O/c1-10(2)11-3-6-15-13(7-11)14(8-18-15)16(19)9-17-12-4-5-12/h3,6-8,10,12,17-18H,4-5,9H2,1-2H3. The van der Waals surface area contributed by atoms with Gasteiger partial charge in [0, 0.05) is 28.7 Å². The Morgan fingerprint density at radius 2 is 2.21 bits per heavy atom. The van der Waals surface area contributed by atoms with Gasteiger partial charge in [-0.2, -0.15) is 0 Å². The van der Waals surface area contributed by atoms with Crippen molar-refractivity contribution in [3.05, 3.63) is 35.5 Å². The number of rotatable bonds is 5. The normalized spacial score (nSPS) is 15.3. The number of aromatic nitrogens is 1. The number of H-pyrrole nitrogens is 1. The fraction of sp³-hybridized carbons (Fsp3) is 0.438. The van der Waals surface area contributed by atoms with Crippen LogP contribution in [0.25, 0.3) is 10.9 Å². The summed E-state index contributed by atoms with van der Waals surface area (Å²) in [6.45, 7) is 4.79. The summed E-state index contributed by atoms with van der Waals surface area (Å²) in [5, 5.41) is 4.33. The quantitative estimate of drug-likeness (QED) is 0.807. The Balaban J connectivity index is 1.88. The fourth-order valence-corrected chi connectivity index (χ4v) is 2.35. The molecule has 2 aromatic rings. The lowest BCUT2D eigenvalue weighted by Gasteiger charge is -2.06. The van der Waals surface area contributed by atoms with Gasteiger partial charge < -0.3 is 10.3 Å². The van der Waals surface area contributed by atoms with Crippen LogP contribution in [-0.4, -0.2) is 23.4 Å². The van der Waals surface area contributed by atoms with Crippen molar-refractivity contribution in [2.24, 2.45) is 0 Å². The van der Waals surface area contributed by atoms with Gasteiger partial charge in [-0.3, -0.25) is 4.79 Å². The number of Topliss-reactive ketones (excluding diaryl/α,β-unsaturated/α-hetero) is 1. The van der Waals surface area contributed by atoms with Gasteiger partial charge >= 0.3 is 0 Å². The smallest absolute Gasteiger partial charge is 0.178 e. The molecule has 0 unspecified atom stereocenters. The lowest BCUT2D eigenvalue weighted by Crippen LogP contribution is -2.24. The molecule has 3 heteroatoms. The monoisotopic (exact) mass is 256 g/mol. The number of benzene rings is 1. The molecule has 1 aliphatic rings. The molecule has 1 aromatic heterocycles. The van der Waals surface area contributed by atoms with Crippen LogP contribution >= 0.6 is 0 Å². The summed E-state index contributed by atoms with van der Waals surface area (Å²) in [6, 6.07) is 6.90. The van der Waals surface area contributed by atoms with Crippen LogP contribution in [0.15, 0.2) is 24.4 Å². The molecule has 1 heterocycles. The van der Waals surface area contributed by atoms with Crippen LogP contribution in [0.5, 0.6) is 0 Å². The van der Waals surface area contributed by atoms with Gasteiger partial charge in [0.15, 0.2) is 5.78 Å². The minimum atomic E-state index is 0.180. The molecule has 100 valence electrons. The molecule has 3 nitrogen and oxygen atoms in total.